The van der Waals surface area contributed by atoms with Gasteiger partial charge < -0.3 is 0 Å². The second-order valence-electron chi connectivity index (χ2n) is 4.86. The number of benzene rings is 1. The molecule has 5 heteroatoms. The number of alkyl halides is 1. The molecule has 0 bridgehead atoms. The van der Waals surface area contributed by atoms with E-state index in [-0.39, 0.29) is 11.5 Å². The molecule has 0 saturated heterocycles. The summed E-state index contributed by atoms with van der Waals surface area (Å²) < 4.78 is 41.4. The van der Waals surface area contributed by atoms with Gasteiger partial charge in [-0.15, -0.1) is 0 Å². The van der Waals surface area contributed by atoms with E-state index < -0.39 is 21.7 Å². The first-order valence-electron chi connectivity index (χ1n) is 5.44. The van der Waals surface area contributed by atoms with E-state index in [1.165, 1.54) is 12.1 Å². The van der Waals surface area contributed by atoms with Crippen LogP contribution in [0.25, 0.3) is 0 Å². The Morgan fingerprint density at radius 3 is 2.41 bits per heavy atom. The van der Waals surface area contributed by atoms with Crippen LogP contribution in [-0.4, -0.2) is 21.2 Å². The van der Waals surface area contributed by atoms with Gasteiger partial charge in [0.25, 0.3) is 10.1 Å². The van der Waals surface area contributed by atoms with Gasteiger partial charge in [0, 0.05) is 5.41 Å². The molecule has 0 N–H and O–H groups in total. The van der Waals surface area contributed by atoms with Crippen LogP contribution in [-0.2, 0) is 14.3 Å². The predicted octanol–water partition coefficient (Wildman–Crippen LogP) is 2.45. The summed E-state index contributed by atoms with van der Waals surface area (Å²) in [7, 11) is -3.76. The van der Waals surface area contributed by atoms with Crippen LogP contribution in [0.4, 0.5) is 4.39 Å². The van der Waals surface area contributed by atoms with Crippen LogP contribution in [0.5, 0.6) is 0 Å². The summed E-state index contributed by atoms with van der Waals surface area (Å²) in [6.45, 7) is 3.46. The first-order valence-corrected chi connectivity index (χ1v) is 6.84. The van der Waals surface area contributed by atoms with Crippen molar-refractivity contribution in [3.8, 4) is 0 Å². The zero-order valence-corrected chi connectivity index (χ0v) is 10.6. The first kappa shape index (κ1) is 12.5. The maximum absolute atomic E-state index is 12.9. The molecule has 0 heterocycles. The first-order chi connectivity index (χ1) is 7.83. The van der Waals surface area contributed by atoms with Gasteiger partial charge in [-0.1, -0.05) is 24.6 Å². The summed E-state index contributed by atoms with van der Waals surface area (Å²) in [5.41, 5.74) is 0.347. The van der Waals surface area contributed by atoms with Crippen LogP contribution >= 0.6 is 0 Å². The summed E-state index contributed by atoms with van der Waals surface area (Å²) in [5, 5.41) is 0. The lowest BCUT2D eigenvalue weighted by Gasteiger charge is -2.09. The van der Waals surface area contributed by atoms with E-state index in [1.807, 2.05) is 6.92 Å². The quantitative estimate of drug-likeness (QED) is 0.779. The maximum atomic E-state index is 12.9. The molecule has 2 rings (SSSR count). The molecule has 1 aromatic rings. The van der Waals surface area contributed by atoms with E-state index in [1.54, 1.807) is 19.1 Å². The molecule has 17 heavy (non-hydrogen) atoms. The van der Waals surface area contributed by atoms with Gasteiger partial charge in [-0.3, -0.25) is 4.18 Å². The smallest absolute Gasteiger partial charge is 0.266 e. The molecule has 0 aromatic heterocycles. The van der Waals surface area contributed by atoms with Gasteiger partial charge in [0.05, 0.1) is 11.5 Å². The largest absolute Gasteiger partial charge is 0.296 e. The van der Waals surface area contributed by atoms with Crippen molar-refractivity contribution in [2.75, 3.05) is 6.61 Å². The van der Waals surface area contributed by atoms with E-state index in [0.29, 0.717) is 6.42 Å². The third-order valence-electron chi connectivity index (χ3n) is 3.10. The van der Waals surface area contributed by atoms with Gasteiger partial charge >= 0.3 is 0 Å². The molecule has 3 nitrogen and oxygen atoms in total. The molecule has 0 spiro atoms. The number of aryl methyl sites for hydroxylation is 1. The highest BCUT2D eigenvalue weighted by Crippen LogP contribution is 2.48. The third-order valence-corrected chi connectivity index (χ3v) is 4.37. The molecule has 2 atom stereocenters. The van der Waals surface area contributed by atoms with Gasteiger partial charge in [0.2, 0.25) is 0 Å². The molecule has 1 aliphatic rings. The average Bonchev–Trinajstić information content (AvgIpc) is 2.86. The van der Waals surface area contributed by atoms with Crippen LogP contribution in [0.15, 0.2) is 29.2 Å². The standard InChI is InChI=1S/C12H15FO3S/c1-9-3-5-10(6-4-9)17(14,15)16-8-12(2)7-11(12)13/h3-6,11H,7-8H2,1-2H3/t11-,12+/m0/s1. The van der Waals surface area contributed by atoms with E-state index >= 15 is 0 Å². The minimum Gasteiger partial charge on any atom is -0.266 e. The normalized spacial score (nSPS) is 28.1. The molecular formula is C12H15FO3S. The van der Waals surface area contributed by atoms with Crippen molar-refractivity contribution in [1.29, 1.82) is 0 Å². The number of hydrogen-bond acceptors (Lipinski definition) is 3. The summed E-state index contributed by atoms with van der Waals surface area (Å²) in [5.74, 6) is 0. The maximum Gasteiger partial charge on any atom is 0.296 e. The Hall–Kier alpha value is -0.940. The molecule has 1 saturated carbocycles. The topological polar surface area (TPSA) is 43.4 Å². The molecule has 0 unspecified atom stereocenters. The summed E-state index contributed by atoms with van der Waals surface area (Å²) in [6, 6.07) is 6.39. The zero-order chi connectivity index (χ0) is 12.7. The third kappa shape index (κ3) is 2.66. The highest BCUT2D eigenvalue weighted by Gasteiger charge is 2.52. The Morgan fingerprint density at radius 2 is 1.94 bits per heavy atom. The molecule has 94 valence electrons. The van der Waals surface area contributed by atoms with Gasteiger partial charge in [0.1, 0.15) is 6.17 Å². The van der Waals surface area contributed by atoms with Crippen molar-refractivity contribution in [2.45, 2.75) is 31.3 Å². The zero-order valence-electron chi connectivity index (χ0n) is 9.81. The number of hydrogen-bond donors (Lipinski definition) is 0. The van der Waals surface area contributed by atoms with Crippen LogP contribution < -0.4 is 0 Å². The van der Waals surface area contributed by atoms with Crippen molar-refractivity contribution < 1.29 is 17.0 Å². The van der Waals surface area contributed by atoms with Crippen molar-refractivity contribution in [3.05, 3.63) is 29.8 Å². The monoisotopic (exact) mass is 258 g/mol. The Bertz CT molecular complexity index is 509. The lowest BCUT2D eigenvalue weighted by molar-refractivity contribution is 0.224. The van der Waals surface area contributed by atoms with E-state index in [4.69, 9.17) is 4.18 Å². The van der Waals surface area contributed by atoms with Crippen molar-refractivity contribution in [1.82, 2.24) is 0 Å². The lowest BCUT2D eigenvalue weighted by Crippen LogP contribution is -2.15. The van der Waals surface area contributed by atoms with Crippen molar-refractivity contribution >= 4 is 10.1 Å². The molecule has 0 radical (unpaired) electrons. The van der Waals surface area contributed by atoms with E-state index in [0.717, 1.165) is 5.56 Å². The molecule has 0 amide bonds. The Labute approximate surface area is 101 Å². The van der Waals surface area contributed by atoms with Crippen LogP contribution in [0.3, 0.4) is 0 Å². The van der Waals surface area contributed by atoms with Crippen LogP contribution in [0.2, 0.25) is 0 Å². The molecule has 1 fully saturated rings. The van der Waals surface area contributed by atoms with Gasteiger partial charge in [-0.05, 0) is 25.5 Å². The summed E-state index contributed by atoms with van der Waals surface area (Å²) in [6.07, 6.45) is -0.577. The number of halogens is 1. The second kappa shape index (κ2) is 4.07. The van der Waals surface area contributed by atoms with Gasteiger partial charge in [-0.2, -0.15) is 8.42 Å². The van der Waals surface area contributed by atoms with Crippen LogP contribution in [0, 0.1) is 12.3 Å². The van der Waals surface area contributed by atoms with Crippen LogP contribution in [0.1, 0.15) is 18.9 Å². The Balaban J connectivity index is 2.06. The molecule has 1 aromatic carbocycles. The lowest BCUT2D eigenvalue weighted by atomic mass is 10.2. The highest BCUT2D eigenvalue weighted by atomic mass is 32.2. The minimum atomic E-state index is -3.76. The predicted molar refractivity (Wildman–Crippen MR) is 61.9 cm³/mol. The van der Waals surface area contributed by atoms with E-state index in [2.05, 4.69) is 0 Å². The fourth-order valence-electron chi connectivity index (χ4n) is 1.48. The average molecular weight is 258 g/mol. The van der Waals surface area contributed by atoms with Gasteiger partial charge in [0.15, 0.2) is 0 Å². The summed E-state index contributed by atoms with van der Waals surface area (Å²) >= 11 is 0. The SMILES string of the molecule is Cc1ccc(S(=O)(=O)OC[C@@]2(C)C[C@@H]2F)cc1. The van der Waals surface area contributed by atoms with E-state index in [9.17, 15) is 12.8 Å². The second-order valence-corrected chi connectivity index (χ2v) is 6.47. The molecular weight excluding hydrogens is 243 g/mol. The Kier molecular flexibility index (Phi) is 2.99. The Morgan fingerprint density at radius 1 is 1.41 bits per heavy atom. The highest BCUT2D eigenvalue weighted by molar-refractivity contribution is 7.86. The van der Waals surface area contributed by atoms with Gasteiger partial charge in [-0.25, -0.2) is 4.39 Å². The minimum absolute atomic E-state index is 0.0929. The fourth-order valence-corrected chi connectivity index (χ4v) is 2.51. The van der Waals surface area contributed by atoms with Crippen molar-refractivity contribution in [3.63, 3.8) is 0 Å². The van der Waals surface area contributed by atoms with Crippen molar-refractivity contribution in [2.24, 2.45) is 5.41 Å². The fraction of sp³-hybridized carbons (Fsp3) is 0.500. The molecule has 1 aliphatic carbocycles. The molecule has 0 aliphatic heterocycles. The summed E-state index contributed by atoms with van der Waals surface area (Å²) in [4.78, 5) is 0.114. The number of rotatable bonds is 4.